The molecule has 0 bridgehead atoms. The predicted octanol–water partition coefficient (Wildman–Crippen LogP) is 3.84. The van der Waals surface area contributed by atoms with Crippen molar-refractivity contribution in [3.05, 3.63) is 71.8 Å². The lowest BCUT2D eigenvalue weighted by atomic mass is 9.75. The van der Waals surface area contributed by atoms with Gasteiger partial charge in [0.25, 0.3) is 0 Å². The first-order chi connectivity index (χ1) is 9.76. The summed E-state index contributed by atoms with van der Waals surface area (Å²) in [6.45, 7) is 3.43. The molecule has 3 rings (SSSR count). The molecule has 104 valence electrons. The van der Waals surface area contributed by atoms with Crippen LogP contribution in [0.5, 0.6) is 0 Å². The molecule has 0 amide bonds. The molecule has 2 aromatic carbocycles. The maximum atomic E-state index is 3.65. The van der Waals surface area contributed by atoms with Gasteiger partial charge in [0.15, 0.2) is 0 Å². The van der Waals surface area contributed by atoms with Crippen molar-refractivity contribution in [1.29, 1.82) is 0 Å². The van der Waals surface area contributed by atoms with Gasteiger partial charge in [-0.25, -0.2) is 0 Å². The maximum Gasteiger partial charge on any atom is 0.00449 e. The molecule has 0 saturated carbocycles. The summed E-state index contributed by atoms with van der Waals surface area (Å²) in [5.74, 6) is 0. The van der Waals surface area contributed by atoms with Gasteiger partial charge in [0.05, 0.1) is 0 Å². The Hall–Kier alpha value is -1.60. The van der Waals surface area contributed by atoms with Crippen molar-refractivity contribution in [2.75, 3.05) is 6.54 Å². The molecule has 20 heavy (non-hydrogen) atoms. The van der Waals surface area contributed by atoms with E-state index in [1.165, 1.54) is 30.4 Å². The van der Waals surface area contributed by atoms with Crippen LogP contribution in [-0.2, 0) is 12.8 Å². The minimum Gasteiger partial charge on any atom is -0.314 e. The summed E-state index contributed by atoms with van der Waals surface area (Å²) < 4.78 is 0. The summed E-state index contributed by atoms with van der Waals surface area (Å²) in [4.78, 5) is 0. The zero-order valence-electron chi connectivity index (χ0n) is 12.2. The van der Waals surface area contributed by atoms with E-state index in [0.29, 0.717) is 11.5 Å². The molecular weight excluding hydrogens is 242 g/mol. The van der Waals surface area contributed by atoms with Gasteiger partial charge in [0.2, 0.25) is 0 Å². The summed E-state index contributed by atoms with van der Waals surface area (Å²) in [5.41, 5.74) is 3.28. The average molecular weight is 265 g/mol. The van der Waals surface area contributed by atoms with Gasteiger partial charge in [-0.1, -0.05) is 60.7 Å². The Morgan fingerprint density at radius 3 is 1.80 bits per heavy atom. The van der Waals surface area contributed by atoms with Gasteiger partial charge in [-0.2, -0.15) is 0 Å². The van der Waals surface area contributed by atoms with Gasteiger partial charge in [-0.3, -0.25) is 0 Å². The zero-order chi connectivity index (χ0) is 13.8. The van der Waals surface area contributed by atoms with Crippen molar-refractivity contribution in [3.63, 3.8) is 0 Å². The third-order valence-corrected chi connectivity index (χ3v) is 4.41. The van der Waals surface area contributed by atoms with Crippen molar-refractivity contribution in [2.45, 2.75) is 32.2 Å². The molecule has 0 radical (unpaired) electrons. The van der Waals surface area contributed by atoms with Crippen LogP contribution in [0.2, 0.25) is 0 Å². The van der Waals surface area contributed by atoms with Crippen molar-refractivity contribution < 1.29 is 0 Å². The van der Waals surface area contributed by atoms with Crippen molar-refractivity contribution >= 4 is 0 Å². The van der Waals surface area contributed by atoms with Gasteiger partial charge < -0.3 is 5.32 Å². The first kappa shape index (κ1) is 13.4. The normalized spacial score (nSPS) is 20.9. The first-order valence-electron chi connectivity index (χ1n) is 7.57. The van der Waals surface area contributed by atoms with E-state index >= 15 is 0 Å². The van der Waals surface area contributed by atoms with Gasteiger partial charge in [-0.05, 0) is 42.7 Å². The highest BCUT2D eigenvalue weighted by molar-refractivity contribution is 5.22. The van der Waals surface area contributed by atoms with Crippen molar-refractivity contribution in [3.8, 4) is 0 Å². The predicted molar refractivity (Wildman–Crippen MR) is 84.8 cm³/mol. The lowest BCUT2D eigenvalue weighted by molar-refractivity contribution is 0.312. The third-order valence-electron chi connectivity index (χ3n) is 4.41. The second-order valence-electron chi connectivity index (χ2n) is 6.31. The number of benzene rings is 2. The van der Waals surface area contributed by atoms with Gasteiger partial charge in [0, 0.05) is 12.6 Å². The molecule has 1 nitrogen and oxygen atoms in total. The van der Waals surface area contributed by atoms with Crippen LogP contribution in [0.25, 0.3) is 0 Å². The van der Waals surface area contributed by atoms with Crippen LogP contribution in [0.4, 0.5) is 0 Å². The topological polar surface area (TPSA) is 12.0 Å². The van der Waals surface area contributed by atoms with Crippen LogP contribution in [0.15, 0.2) is 60.7 Å². The van der Waals surface area contributed by atoms with E-state index in [9.17, 15) is 0 Å². The molecule has 1 heterocycles. The fourth-order valence-electron chi connectivity index (χ4n) is 3.57. The Morgan fingerprint density at radius 2 is 1.40 bits per heavy atom. The Bertz CT molecular complexity index is 491. The minimum atomic E-state index is 0.363. The van der Waals surface area contributed by atoms with E-state index in [2.05, 4.69) is 72.9 Å². The molecule has 1 N–H and O–H groups in total. The van der Waals surface area contributed by atoms with Gasteiger partial charge in [-0.15, -0.1) is 0 Å². The summed E-state index contributed by atoms with van der Waals surface area (Å²) in [5, 5.41) is 3.65. The van der Waals surface area contributed by atoms with Crippen LogP contribution < -0.4 is 5.32 Å². The van der Waals surface area contributed by atoms with Crippen molar-refractivity contribution in [2.24, 2.45) is 5.41 Å². The van der Waals surface area contributed by atoms with E-state index in [4.69, 9.17) is 0 Å². The summed E-state index contributed by atoms with van der Waals surface area (Å²) in [7, 11) is 0. The summed E-state index contributed by atoms with van der Waals surface area (Å²) in [6.07, 6.45) is 3.59. The van der Waals surface area contributed by atoms with E-state index in [-0.39, 0.29) is 0 Å². The minimum absolute atomic E-state index is 0.363. The van der Waals surface area contributed by atoms with E-state index < -0.39 is 0 Å². The fraction of sp³-hybridized carbons (Fsp3) is 0.368. The molecule has 1 aliphatic heterocycles. The second kappa shape index (κ2) is 5.80. The molecule has 1 unspecified atom stereocenters. The molecule has 0 spiro atoms. The molecule has 0 aromatic heterocycles. The fourth-order valence-corrected chi connectivity index (χ4v) is 3.57. The highest BCUT2D eigenvalue weighted by Gasteiger charge is 2.37. The highest BCUT2D eigenvalue weighted by atomic mass is 15.0. The lowest BCUT2D eigenvalue weighted by Gasteiger charge is -2.29. The monoisotopic (exact) mass is 265 g/mol. The molecule has 1 heteroatoms. The Morgan fingerprint density at radius 1 is 0.900 bits per heavy atom. The quantitative estimate of drug-likeness (QED) is 0.885. The average Bonchev–Trinajstić information content (AvgIpc) is 2.82. The van der Waals surface area contributed by atoms with Gasteiger partial charge >= 0.3 is 0 Å². The van der Waals surface area contributed by atoms with Crippen LogP contribution in [0.3, 0.4) is 0 Å². The summed E-state index contributed by atoms with van der Waals surface area (Å²) in [6, 6.07) is 22.5. The standard InChI is InChI=1S/C19H23N/c1-16-12-19(15-20-16,13-17-8-4-2-5-9-17)14-18-10-6-3-7-11-18/h2-11,16,20H,12-15H2,1H3. The largest absolute Gasteiger partial charge is 0.314 e. The molecule has 0 aliphatic carbocycles. The Balaban J connectivity index is 1.82. The number of rotatable bonds is 4. The maximum absolute atomic E-state index is 3.65. The molecular formula is C19H23N. The molecule has 1 aliphatic rings. The molecule has 1 fully saturated rings. The molecule has 1 saturated heterocycles. The third kappa shape index (κ3) is 3.10. The van der Waals surface area contributed by atoms with Crippen LogP contribution in [-0.4, -0.2) is 12.6 Å². The Labute approximate surface area is 122 Å². The van der Waals surface area contributed by atoms with E-state index in [1.807, 2.05) is 0 Å². The van der Waals surface area contributed by atoms with Gasteiger partial charge in [0.1, 0.15) is 0 Å². The second-order valence-corrected chi connectivity index (χ2v) is 6.31. The number of hydrogen-bond acceptors (Lipinski definition) is 1. The van der Waals surface area contributed by atoms with Crippen LogP contribution >= 0.6 is 0 Å². The Kier molecular flexibility index (Phi) is 3.88. The smallest absolute Gasteiger partial charge is 0.00449 e. The van der Waals surface area contributed by atoms with Crippen molar-refractivity contribution in [1.82, 2.24) is 5.32 Å². The lowest BCUT2D eigenvalue weighted by Crippen LogP contribution is -2.29. The molecule has 2 aromatic rings. The first-order valence-corrected chi connectivity index (χ1v) is 7.57. The summed E-state index contributed by atoms with van der Waals surface area (Å²) >= 11 is 0. The zero-order valence-corrected chi connectivity index (χ0v) is 12.2. The van der Waals surface area contributed by atoms with E-state index in [0.717, 1.165) is 6.54 Å². The number of hydrogen-bond donors (Lipinski definition) is 1. The van der Waals surface area contributed by atoms with Crippen LogP contribution in [0, 0.1) is 5.41 Å². The SMILES string of the molecule is CC1CC(Cc2ccccc2)(Cc2ccccc2)CN1. The highest BCUT2D eigenvalue weighted by Crippen LogP contribution is 2.36. The molecule has 1 atom stereocenters. The number of nitrogens with one attached hydrogen (secondary N) is 1. The van der Waals surface area contributed by atoms with Crippen LogP contribution in [0.1, 0.15) is 24.5 Å². The van der Waals surface area contributed by atoms with E-state index in [1.54, 1.807) is 0 Å².